The Balaban J connectivity index is 1.14. The number of likely N-dealkylation sites (tertiary alicyclic amines) is 1. The number of nitrogens with zero attached hydrogens (tertiary/aromatic N) is 4. The fourth-order valence-corrected chi connectivity index (χ4v) is 4.49. The number of carbonyl (C=O) groups is 2. The van der Waals surface area contributed by atoms with Gasteiger partial charge in [0.25, 0.3) is 11.8 Å². The Bertz CT molecular complexity index is 1200. The lowest BCUT2D eigenvalue weighted by atomic mass is 10.0. The van der Waals surface area contributed by atoms with E-state index in [1.165, 1.54) is 18.7 Å². The van der Waals surface area contributed by atoms with Crippen molar-refractivity contribution in [1.29, 1.82) is 0 Å². The minimum absolute atomic E-state index is 0.100. The lowest BCUT2D eigenvalue weighted by Crippen LogP contribution is -2.64. The summed E-state index contributed by atoms with van der Waals surface area (Å²) in [7, 11) is 0. The van der Waals surface area contributed by atoms with Crippen LogP contribution in [0.15, 0.2) is 65.6 Å². The standard InChI is InChI=1S/C25H23F3N4O3/c26-25(27,28)20-3-1-2-19(12-20)17-4-6-18(7-5-17)23(33)31-10-8-30(9-11-31)21-13-32(14-21)24(34)22-15-35-16-29-22/h1-7,12,15-16,21H,8-11,13-14H2. The number of benzene rings is 2. The molecule has 35 heavy (non-hydrogen) atoms. The van der Waals surface area contributed by atoms with Gasteiger partial charge in [0, 0.05) is 50.9 Å². The van der Waals surface area contributed by atoms with Crippen molar-refractivity contribution in [3.63, 3.8) is 0 Å². The van der Waals surface area contributed by atoms with Gasteiger partial charge in [-0.15, -0.1) is 0 Å². The molecule has 2 amide bonds. The van der Waals surface area contributed by atoms with Gasteiger partial charge in [-0.2, -0.15) is 13.2 Å². The zero-order chi connectivity index (χ0) is 24.6. The van der Waals surface area contributed by atoms with Crippen molar-refractivity contribution >= 4 is 11.8 Å². The van der Waals surface area contributed by atoms with Gasteiger partial charge in [-0.1, -0.05) is 24.3 Å². The van der Waals surface area contributed by atoms with Crippen molar-refractivity contribution in [3.8, 4) is 11.1 Å². The maximum absolute atomic E-state index is 13.0. The maximum atomic E-state index is 13.0. The third kappa shape index (κ3) is 4.79. The zero-order valence-corrected chi connectivity index (χ0v) is 18.7. The summed E-state index contributed by atoms with van der Waals surface area (Å²) in [5, 5.41) is 0. The summed E-state index contributed by atoms with van der Waals surface area (Å²) in [6, 6.07) is 12.1. The maximum Gasteiger partial charge on any atom is 0.416 e. The molecule has 2 saturated heterocycles. The molecular formula is C25H23F3N4O3. The number of hydrogen-bond acceptors (Lipinski definition) is 5. The number of piperazine rings is 1. The molecule has 2 aliphatic rings. The third-order valence-corrected chi connectivity index (χ3v) is 6.57. The number of aromatic nitrogens is 1. The highest BCUT2D eigenvalue weighted by Crippen LogP contribution is 2.32. The molecule has 1 aromatic heterocycles. The van der Waals surface area contributed by atoms with Crippen molar-refractivity contribution in [2.24, 2.45) is 0 Å². The Morgan fingerprint density at radius 2 is 1.60 bits per heavy atom. The molecule has 2 aromatic carbocycles. The Morgan fingerprint density at radius 3 is 2.23 bits per heavy atom. The summed E-state index contributed by atoms with van der Waals surface area (Å²) in [4.78, 5) is 34.9. The Labute approximate surface area is 199 Å². The monoisotopic (exact) mass is 484 g/mol. The predicted octanol–water partition coefficient (Wildman–Crippen LogP) is 3.64. The van der Waals surface area contributed by atoms with Crippen LogP contribution in [-0.4, -0.2) is 76.8 Å². The highest BCUT2D eigenvalue weighted by atomic mass is 19.4. The molecule has 2 aliphatic heterocycles. The van der Waals surface area contributed by atoms with Gasteiger partial charge < -0.3 is 14.2 Å². The van der Waals surface area contributed by atoms with Gasteiger partial charge in [0.1, 0.15) is 6.26 Å². The molecule has 0 unspecified atom stereocenters. The van der Waals surface area contributed by atoms with Crippen LogP contribution < -0.4 is 0 Å². The van der Waals surface area contributed by atoms with E-state index in [0.717, 1.165) is 12.1 Å². The van der Waals surface area contributed by atoms with E-state index in [-0.39, 0.29) is 17.9 Å². The number of halogens is 3. The van der Waals surface area contributed by atoms with Gasteiger partial charge in [0.2, 0.25) is 0 Å². The van der Waals surface area contributed by atoms with E-state index in [1.54, 1.807) is 40.1 Å². The van der Waals surface area contributed by atoms with E-state index >= 15 is 0 Å². The number of amides is 2. The topological polar surface area (TPSA) is 69.9 Å². The number of hydrogen-bond donors (Lipinski definition) is 0. The molecule has 0 saturated carbocycles. The summed E-state index contributed by atoms with van der Waals surface area (Å²) < 4.78 is 43.9. The van der Waals surface area contributed by atoms with Gasteiger partial charge >= 0.3 is 6.18 Å². The zero-order valence-electron chi connectivity index (χ0n) is 18.7. The summed E-state index contributed by atoms with van der Waals surface area (Å²) in [6.45, 7) is 3.81. The van der Waals surface area contributed by atoms with Crippen LogP contribution in [0.2, 0.25) is 0 Å². The molecule has 0 N–H and O–H groups in total. The summed E-state index contributed by atoms with van der Waals surface area (Å²) >= 11 is 0. The van der Waals surface area contributed by atoms with Crippen molar-refractivity contribution in [1.82, 2.24) is 19.7 Å². The smallest absolute Gasteiger partial charge is 0.416 e. The molecule has 10 heteroatoms. The number of carbonyl (C=O) groups excluding carboxylic acids is 2. The van der Waals surface area contributed by atoms with Crippen LogP contribution in [0.25, 0.3) is 11.1 Å². The highest BCUT2D eigenvalue weighted by molar-refractivity contribution is 5.95. The van der Waals surface area contributed by atoms with Crippen LogP contribution in [0.1, 0.15) is 26.4 Å². The molecule has 0 bridgehead atoms. The van der Waals surface area contributed by atoms with Crippen LogP contribution in [0.3, 0.4) is 0 Å². The van der Waals surface area contributed by atoms with Crippen molar-refractivity contribution in [3.05, 3.63) is 78.0 Å². The first-order valence-electron chi connectivity index (χ1n) is 11.3. The molecule has 0 radical (unpaired) electrons. The molecule has 182 valence electrons. The fourth-order valence-electron chi connectivity index (χ4n) is 4.49. The molecule has 3 heterocycles. The Hall–Kier alpha value is -3.66. The van der Waals surface area contributed by atoms with Crippen LogP contribution in [0.4, 0.5) is 13.2 Å². The number of alkyl halides is 3. The van der Waals surface area contributed by atoms with Crippen molar-refractivity contribution in [2.75, 3.05) is 39.3 Å². The third-order valence-electron chi connectivity index (χ3n) is 6.57. The Kier molecular flexibility index (Phi) is 6.06. The number of rotatable bonds is 4. The first-order valence-corrected chi connectivity index (χ1v) is 11.3. The van der Waals surface area contributed by atoms with E-state index in [2.05, 4.69) is 9.88 Å². The normalized spacial score (nSPS) is 17.3. The average Bonchev–Trinajstić information content (AvgIpc) is 3.38. The minimum Gasteiger partial charge on any atom is -0.451 e. The van der Waals surface area contributed by atoms with E-state index in [0.29, 0.717) is 61.7 Å². The van der Waals surface area contributed by atoms with E-state index in [1.807, 2.05) is 0 Å². The van der Waals surface area contributed by atoms with Crippen LogP contribution in [0.5, 0.6) is 0 Å². The Morgan fingerprint density at radius 1 is 0.886 bits per heavy atom. The summed E-state index contributed by atoms with van der Waals surface area (Å²) in [5.74, 6) is -0.242. The molecule has 7 nitrogen and oxygen atoms in total. The lowest BCUT2D eigenvalue weighted by molar-refractivity contribution is -0.137. The van der Waals surface area contributed by atoms with Crippen molar-refractivity contribution < 1.29 is 27.2 Å². The predicted molar refractivity (Wildman–Crippen MR) is 121 cm³/mol. The van der Waals surface area contributed by atoms with Crippen LogP contribution in [0, 0.1) is 0 Å². The van der Waals surface area contributed by atoms with Crippen molar-refractivity contribution in [2.45, 2.75) is 12.2 Å². The van der Waals surface area contributed by atoms with Gasteiger partial charge in [0.15, 0.2) is 12.1 Å². The first-order chi connectivity index (χ1) is 16.8. The van der Waals surface area contributed by atoms with Gasteiger partial charge in [0.05, 0.1) is 5.56 Å². The second-order valence-corrected chi connectivity index (χ2v) is 8.72. The molecular weight excluding hydrogens is 461 g/mol. The quantitative estimate of drug-likeness (QED) is 0.566. The second kappa shape index (κ2) is 9.18. The van der Waals surface area contributed by atoms with Crippen LogP contribution in [-0.2, 0) is 6.18 Å². The van der Waals surface area contributed by atoms with E-state index in [9.17, 15) is 22.8 Å². The molecule has 0 aliphatic carbocycles. The largest absolute Gasteiger partial charge is 0.451 e. The van der Waals surface area contributed by atoms with Crippen LogP contribution >= 0.6 is 0 Å². The van der Waals surface area contributed by atoms with Gasteiger partial charge in [-0.25, -0.2) is 4.98 Å². The fraction of sp³-hybridized carbons (Fsp3) is 0.320. The lowest BCUT2D eigenvalue weighted by Gasteiger charge is -2.47. The molecule has 2 fully saturated rings. The summed E-state index contributed by atoms with van der Waals surface area (Å²) in [5.41, 5.74) is 1.17. The second-order valence-electron chi connectivity index (χ2n) is 8.72. The molecule has 0 spiro atoms. The molecule has 3 aromatic rings. The minimum atomic E-state index is -4.40. The SMILES string of the molecule is O=C(c1ccc(-c2cccc(C(F)(F)F)c2)cc1)N1CCN(C2CN(C(=O)c3cocn3)C2)CC1. The van der Waals surface area contributed by atoms with Gasteiger partial charge in [-0.05, 0) is 35.4 Å². The highest BCUT2D eigenvalue weighted by Gasteiger charge is 2.37. The molecule has 5 rings (SSSR count). The average molecular weight is 484 g/mol. The first kappa shape index (κ1) is 23.1. The summed E-state index contributed by atoms with van der Waals surface area (Å²) in [6.07, 6.45) is -1.83. The number of oxazole rings is 1. The molecule has 0 atom stereocenters. The van der Waals surface area contributed by atoms with E-state index in [4.69, 9.17) is 4.42 Å². The van der Waals surface area contributed by atoms with Gasteiger partial charge in [-0.3, -0.25) is 14.5 Å². The van der Waals surface area contributed by atoms with E-state index < -0.39 is 11.7 Å².